The lowest BCUT2D eigenvalue weighted by atomic mass is 10.1. The number of nitrogens with one attached hydrogen (secondary N) is 1. The summed E-state index contributed by atoms with van der Waals surface area (Å²) in [4.78, 5) is 11.1. The molecule has 0 aliphatic carbocycles. The van der Waals surface area contributed by atoms with Crippen LogP contribution in [0.5, 0.6) is 0 Å². The molecule has 0 unspecified atom stereocenters. The third-order valence-corrected chi connectivity index (χ3v) is 2.40. The number of alkyl halides is 1. The molecule has 1 aromatic rings. The fourth-order valence-corrected chi connectivity index (χ4v) is 1.38. The first-order chi connectivity index (χ1) is 5.77. The van der Waals surface area contributed by atoms with Gasteiger partial charge in [0.1, 0.15) is 0 Å². The Morgan fingerprint density at radius 1 is 1.33 bits per heavy atom. The van der Waals surface area contributed by atoms with Crippen LogP contribution in [0, 0.1) is 0 Å². The van der Waals surface area contributed by atoms with Crippen LogP contribution in [0.4, 0.5) is 5.69 Å². The van der Waals surface area contributed by atoms with Gasteiger partial charge in [-0.3, -0.25) is 4.79 Å². The molecule has 12 heavy (non-hydrogen) atoms. The number of carbonyl (C=O) groups is 1. The Morgan fingerprint density at radius 2 is 1.92 bits per heavy atom. The fourth-order valence-electron chi connectivity index (χ4n) is 0.796. The van der Waals surface area contributed by atoms with Gasteiger partial charge in [0.2, 0.25) is 0 Å². The van der Waals surface area contributed by atoms with Gasteiger partial charge in [-0.1, -0.05) is 15.9 Å². The number of Topliss-reactive ketones (excluding diaryl/α,β-unsaturated/α-hetero) is 1. The molecule has 0 aliphatic heterocycles. The average Bonchev–Trinajstić information content (AvgIpc) is 2.17. The predicted octanol–water partition coefficient (Wildman–Crippen LogP) is 2.99. The Hall–Kier alpha value is -0.350. The highest BCUT2D eigenvalue weighted by molar-refractivity contribution is 9.10. The van der Waals surface area contributed by atoms with Gasteiger partial charge in [-0.05, 0) is 24.3 Å². The molecule has 1 N–H and O–H groups in total. The van der Waals surface area contributed by atoms with Crippen LogP contribution in [-0.2, 0) is 0 Å². The summed E-state index contributed by atoms with van der Waals surface area (Å²) in [5.41, 5.74) is 1.65. The maximum absolute atomic E-state index is 11.1. The lowest BCUT2D eigenvalue weighted by Crippen LogP contribution is -1.98. The summed E-state index contributed by atoms with van der Waals surface area (Å²) in [6, 6.07) is 7.25. The van der Waals surface area contributed by atoms with Crippen LogP contribution in [0.3, 0.4) is 0 Å². The van der Waals surface area contributed by atoms with Crippen LogP contribution in [-0.4, -0.2) is 11.1 Å². The molecule has 0 atom stereocenters. The van der Waals surface area contributed by atoms with Crippen LogP contribution < -0.4 is 4.34 Å². The zero-order chi connectivity index (χ0) is 8.97. The number of halogens is 2. The van der Waals surface area contributed by atoms with Gasteiger partial charge in [0.15, 0.2) is 5.78 Å². The van der Waals surface area contributed by atoms with E-state index in [4.69, 9.17) is 0 Å². The zero-order valence-corrected chi connectivity index (χ0v) is 9.35. The van der Waals surface area contributed by atoms with Crippen molar-refractivity contribution in [2.45, 2.75) is 0 Å². The maximum Gasteiger partial charge on any atom is 0.173 e. The number of hydrogen-bond donors (Lipinski definition) is 1. The van der Waals surface area contributed by atoms with Crippen LogP contribution >= 0.6 is 32.1 Å². The smallest absolute Gasteiger partial charge is 0.173 e. The van der Waals surface area contributed by atoms with Crippen molar-refractivity contribution >= 4 is 43.5 Å². The maximum atomic E-state index is 11.1. The van der Waals surface area contributed by atoms with E-state index in [1.165, 1.54) is 0 Å². The van der Waals surface area contributed by atoms with Gasteiger partial charge >= 0.3 is 0 Å². The first-order valence-electron chi connectivity index (χ1n) is 3.34. The largest absolute Gasteiger partial charge is 0.322 e. The summed E-state index contributed by atoms with van der Waals surface area (Å²) in [6.45, 7) is 0. The van der Waals surface area contributed by atoms with E-state index in [1.54, 1.807) is 12.1 Å². The quantitative estimate of drug-likeness (QED) is 0.527. The molecule has 0 spiro atoms. The van der Waals surface area contributed by atoms with E-state index < -0.39 is 0 Å². The number of hydrogen-bond acceptors (Lipinski definition) is 2. The van der Waals surface area contributed by atoms with E-state index >= 15 is 0 Å². The minimum absolute atomic E-state index is 0.0936. The normalized spacial score (nSPS) is 9.50. The molecule has 2 nitrogen and oxygen atoms in total. The van der Waals surface area contributed by atoms with Crippen LogP contribution in [0.2, 0.25) is 0 Å². The minimum atomic E-state index is 0.0936. The van der Waals surface area contributed by atoms with Crippen LogP contribution in [0.25, 0.3) is 0 Å². The van der Waals surface area contributed by atoms with E-state index in [0.29, 0.717) is 5.33 Å². The molecule has 0 bridgehead atoms. The lowest BCUT2D eigenvalue weighted by Gasteiger charge is -1.99. The number of rotatable bonds is 3. The van der Waals surface area contributed by atoms with Crippen molar-refractivity contribution in [3.8, 4) is 0 Å². The van der Waals surface area contributed by atoms with Crippen LogP contribution in [0.1, 0.15) is 10.4 Å². The molecule has 0 aliphatic rings. The number of carbonyl (C=O) groups excluding carboxylic acids is 1. The summed E-state index contributed by atoms with van der Waals surface area (Å²) in [7, 11) is 0. The van der Waals surface area contributed by atoms with Gasteiger partial charge in [0.25, 0.3) is 0 Å². The number of ketones is 1. The third-order valence-electron chi connectivity index (χ3n) is 1.44. The molecule has 0 amide bonds. The standard InChI is InChI=1S/C8H7Br2NO/c9-5-8(12)6-1-3-7(11-10)4-2-6/h1-4,11H,5H2. The van der Waals surface area contributed by atoms with Crippen molar-refractivity contribution in [2.24, 2.45) is 0 Å². The summed E-state index contributed by atoms with van der Waals surface area (Å²) in [5.74, 6) is 0.0936. The Balaban J connectivity index is 2.84. The zero-order valence-electron chi connectivity index (χ0n) is 6.18. The Bertz CT molecular complexity index is 271. The van der Waals surface area contributed by atoms with E-state index in [9.17, 15) is 4.79 Å². The van der Waals surface area contributed by atoms with Gasteiger partial charge in [0, 0.05) is 27.4 Å². The highest BCUT2D eigenvalue weighted by atomic mass is 79.9. The monoisotopic (exact) mass is 291 g/mol. The van der Waals surface area contributed by atoms with Gasteiger partial charge in [0.05, 0.1) is 5.33 Å². The van der Waals surface area contributed by atoms with Crippen molar-refractivity contribution in [1.29, 1.82) is 0 Å². The molecular weight excluding hydrogens is 286 g/mol. The SMILES string of the molecule is O=C(CBr)c1ccc(NBr)cc1. The molecule has 4 heteroatoms. The van der Waals surface area contributed by atoms with Gasteiger partial charge in [-0.15, -0.1) is 0 Å². The molecule has 0 saturated heterocycles. The van der Waals surface area contributed by atoms with Gasteiger partial charge < -0.3 is 4.34 Å². The number of benzene rings is 1. The number of anilines is 1. The summed E-state index contributed by atoms with van der Waals surface area (Å²) < 4.78 is 2.80. The van der Waals surface area contributed by atoms with Gasteiger partial charge in [-0.25, -0.2) is 0 Å². The predicted molar refractivity (Wildman–Crippen MR) is 57.1 cm³/mol. The molecule has 1 aromatic carbocycles. The lowest BCUT2D eigenvalue weighted by molar-refractivity contribution is 0.102. The van der Waals surface area contributed by atoms with E-state index in [0.717, 1.165) is 11.3 Å². The molecule has 0 radical (unpaired) electrons. The molecule has 0 aromatic heterocycles. The first kappa shape index (κ1) is 9.74. The Morgan fingerprint density at radius 3 is 2.33 bits per heavy atom. The van der Waals surface area contributed by atoms with E-state index in [-0.39, 0.29) is 5.78 Å². The molecule has 1 rings (SSSR count). The fraction of sp³-hybridized carbons (Fsp3) is 0.125. The minimum Gasteiger partial charge on any atom is -0.322 e. The first-order valence-corrected chi connectivity index (χ1v) is 5.25. The highest BCUT2D eigenvalue weighted by Crippen LogP contribution is 2.11. The average molecular weight is 293 g/mol. The molecule has 0 heterocycles. The molecule has 64 valence electrons. The Kier molecular flexibility index (Phi) is 3.75. The topological polar surface area (TPSA) is 29.1 Å². The van der Waals surface area contributed by atoms with Crippen LogP contribution in [0.15, 0.2) is 24.3 Å². The molecular formula is C8H7Br2NO. The Labute approximate surface area is 87.8 Å². The third kappa shape index (κ3) is 2.32. The highest BCUT2D eigenvalue weighted by Gasteiger charge is 2.01. The van der Waals surface area contributed by atoms with Crippen molar-refractivity contribution in [2.75, 3.05) is 9.67 Å². The van der Waals surface area contributed by atoms with Crippen molar-refractivity contribution in [3.05, 3.63) is 29.8 Å². The van der Waals surface area contributed by atoms with E-state index in [1.807, 2.05) is 12.1 Å². The molecule has 0 saturated carbocycles. The van der Waals surface area contributed by atoms with E-state index in [2.05, 4.69) is 36.4 Å². The van der Waals surface area contributed by atoms with Crippen molar-refractivity contribution in [3.63, 3.8) is 0 Å². The second-order valence-corrected chi connectivity index (χ2v) is 3.19. The van der Waals surface area contributed by atoms with Crippen molar-refractivity contribution in [1.82, 2.24) is 0 Å². The van der Waals surface area contributed by atoms with Gasteiger partial charge in [-0.2, -0.15) is 0 Å². The molecule has 0 fully saturated rings. The second kappa shape index (κ2) is 4.62. The van der Waals surface area contributed by atoms with Crippen molar-refractivity contribution < 1.29 is 4.79 Å². The summed E-state index contributed by atoms with van der Waals surface area (Å²) in [6.07, 6.45) is 0. The second-order valence-electron chi connectivity index (χ2n) is 2.23. The summed E-state index contributed by atoms with van der Waals surface area (Å²) in [5, 5.41) is 0.369. The summed E-state index contributed by atoms with van der Waals surface area (Å²) >= 11 is 6.20.